The predicted molar refractivity (Wildman–Crippen MR) is 81.4 cm³/mol. The maximum Gasteiger partial charge on any atom is 0.0705 e. The van der Waals surface area contributed by atoms with Crippen LogP contribution >= 0.6 is 15.9 Å². The summed E-state index contributed by atoms with van der Waals surface area (Å²) in [4.78, 5) is 9.00. The van der Waals surface area contributed by atoms with Crippen LogP contribution in [0.3, 0.4) is 0 Å². The molecule has 0 aliphatic heterocycles. The molecule has 0 aliphatic rings. The Hall–Kier alpha value is -1.74. The second kappa shape index (κ2) is 5.49. The van der Waals surface area contributed by atoms with E-state index in [0.29, 0.717) is 0 Å². The van der Waals surface area contributed by atoms with E-state index in [1.165, 1.54) is 10.9 Å². The van der Waals surface area contributed by atoms with E-state index >= 15 is 0 Å². The number of fused-ring (bicyclic) bond motifs is 1. The summed E-state index contributed by atoms with van der Waals surface area (Å²) >= 11 is 3.72. The largest absolute Gasteiger partial charge is 0.265 e. The van der Waals surface area contributed by atoms with Crippen LogP contribution in [0.5, 0.6) is 0 Å². The average Bonchev–Trinajstić information content (AvgIpc) is 2.48. The standard InChI is InChI=1S/C16H13BrN2/c17-15(12-7-9-18-10-8-12)11-14-6-5-13-3-1-2-4-16(13)19-14/h1-10,15H,11H2. The molecule has 0 saturated heterocycles. The predicted octanol–water partition coefficient (Wildman–Crippen LogP) is 4.31. The van der Waals surface area contributed by atoms with Gasteiger partial charge >= 0.3 is 0 Å². The molecule has 2 nitrogen and oxygen atoms in total. The van der Waals surface area contributed by atoms with Crippen molar-refractivity contribution in [1.82, 2.24) is 9.97 Å². The Bertz CT molecular complexity index is 682. The SMILES string of the molecule is BrC(Cc1ccc2ccccc2n1)c1ccncc1. The van der Waals surface area contributed by atoms with Crippen LogP contribution in [0.1, 0.15) is 16.1 Å². The molecule has 3 aromatic rings. The lowest BCUT2D eigenvalue weighted by atomic mass is 10.1. The third-order valence-corrected chi connectivity index (χ3v) is 3.96. The summed E-state index contributed by atoms with van der Waals surface area (Å²) in [5.41, 5.74) is 3.37. The molecule has 19 heavy (non-hydrogen) atoms. The second-order valence-corrected chi connectivity index (χ2v) is 5.55. The van der Waals surface area contributed by atoms with Crippen LogP contribution in [0.15, 0.2) is 60.9 Å². The Morgan fingerprint density at radius 3 is 2.58 bits per heavy atom. The van der Waals surface area contributed by atoms with Crippen LogP contribution in [-0.2, 0) is 6.42 Å². The third kappa shape index (κ3) is 2.82. The van der Waals surface area contributed by atoms with Crippen molar-refractivity contribution < 1.29 is 0 Å². The summed E-state index contributed by atoms with van der Waals surface area (Å²) < 4.78 is 0. The van der Waals surface area contributed by atoms with Gasteiger partial charge in [-0.15, -0.1) is 0 Å². The van der Waals surface area contributed by atoms with E-state index in [9.17, 15) is 0 Å². The molecule has 1 unspecified atom stereocenters. The number of alkyl halides is 1. The van der Waals surface area contributed by atoms with Crippen molar-refractivity contribution in [1.29, 1.82) is 0 Å². The molecular weight excluding hydrogens is 300 g/mol. The monoisotopic (exact) mass is 312 g/mol. The quantitative estimate of drug-likeness (QED) is 0.673. The van der Waals surface area contributed by atoms with Crippen molar-refractivity contribution in [3.8, 4) is 0 Å². The molecule has 0 aliphatic carbocycles. The first-order valence-electron chi connectivity index (χ1n) is 6.21. The molecule has 0 N–H and O–H groups in total. The molecule has 0 bridgehead atoms. The van der Waals surface area contributed by atoms with Gasteiger partial charge in [0.1, 0.15) is 0 Å². The third-order valence-electron chi connectivity index (χ3n) is 3.11. The highest BCUT2D eigenvalue weighted by Gasteiger charge is 2.09. The fourth-order valence-electron chi connectivity index (χ4n) is 2.10. The van der Waals surface area contributed by atoms with Gasteiger partial charge in [0.05, 0.1) is 5.52 Å². The molecule has 2 aromatic heterocycles. The Balaban J connectivity index is 1.85. The van der Waals surface area contributed by atoms with Gasteiger partial charge in [-0.3, -0.25) is 9.97 Å². The van der Waals surface area contributed by atoms with Gasteiger partial charge in [0.2, 0.25) is 0 Å². The zero-order valence-electron chi connectivity index (χ0n) is 10.3. The summed E-state index contributed by atoms with van der Waals surface area (Å²) in [6, 6.07) is 16.5. The van der Waals surface area contributed by atoms with E-state index in [0.717, 1.165) is 17.6 Å². The normalized spacial score (nSPS) is 12.5. The van der Waals surface area contributed by atoms with Gasteiger partial charge in [0, 0.05) is 34.7 Å². The lowest BCUT2D eigenvalue weighted by molar-refractivity contribution is 0.910. The first kappa shape index (κ1) is 12.3. The van der Waals surface area contributed by atoms with Crippen LogP contribution < -0.4 is 0 Å². The lowest BCUT2D eigenvalue weighted by Crippen LogP contribution is -1.98. The minimum Gasteiger partial charge on any atom is -0.265 e. The zero-order valence-corrected chi connectivity index (χ0v) is 11.9. The summed E-state index contributed by atoms with van der Waals surface area (Å²) in [6.45, 7) is 0. The Morgan fingerprint density at radius 2 is 1.74 bits per heavy atom. The van der Waals surface area contributed by atoms with Crippen LogP contribution in [0.2, 0.25) is 0 Å². The summed E-state index contributed by atoms with van der Waals surface area (Å²) in [5, 5.41) is 1.18. The Morgan fingerprint density at radius 1 is 0.947 bits per heavy atom. The van der Waals surface area contributed by atoms with Crippen molar-refractivity contribution in [3.05, 3.63) is 72.2 Å². The number of rotatable bonds is 3. The maximum atomic E-state index is 4.70. The Labute approximate surface area is 120 Å². The van der Waals surface area contributed by atoms with E-state index in [4.69, 9.17) is 4.98 Å². The van der Waals surface area contributed by atoms with Crippen molar-refractivity contribution in [3.63, 3.8) is 0 Å². The molecule has 3 rings (SSSR count). The fraction of sp³-hybridized carbons (Fsp3) is 0.125. The van der Waals surface area contributed by atoms with Crippen molar-refractivity contribution in [2.75, 3.05) is 0 Å². The number of para-hydroxylation sites is 1. The molecule has 0 radical (unpaired) electrons. The minimum absolute atomic E-state index is 0.268. The van der Waals surface area contributed by atoms with E-state index < -0.39 is 0 Å². The van der Waals surface area contributed by atoms with Crippen molar-refractivity contribution in [2.45, 2.75) is 11.2 Å². The van der Waals surface area contributed by atoms with Gasteiger partial charge < -0.3 is 0 Å². The number of halogens is 1. The van der Waals surface area contributed by atoms with Gasteiger partial charge in [0.25, 0.3) is 0 Å². The fourth-order valence-corrected chi connectivity index (χ4v) is 2.73. The highest BCUT2D eigenvalue weighted by atomic mass is 79.9. The number of nitrogens with zero attached hydrogens (tertiary/aromatic N) is 2. The number of aromatic nitrogens is 2. The van der Waals surface area contributed by atoms with Crippen LogP contribution in [-0.4, -0.2) is 9.97 Å². The smallest absolute Gasteiger partial charge is 0.0705 e. The first-order chi connectivity index (χ1) is 9.33. The van der Waals surface area contributed by atoms with Crippen LogP contribution in [0.4, 0.5) is 0 Å². The molecule has 0 saturated carbocycles. The molecule has 0 spiro atoms. The minimum atomic E-state index is 0.268. The summed E-state index contributed by atoms with van der Waals surface area (Å²) in [6.07, 6.45) is 4.50. The highest BCUT2D eigenvalue weighted by Crippen LogP contribution is 2.26. The van der Waals surface area contributed by atoms with Gasteiger partial charge in [-0.2, -0.15) is 0 Å². The second-order valence-electron chi connectivity index (χ2n) is 4.45. The highest BCUT2D eigenvalue weighted by molar-refractivity contribution is 9.09. The Kier molecular flexibility index (Phi) is 3.56. The van der Waals surface area contributed by atoms with Gasteiger partial charge in [-0.05, 0) is 29.8 Å². The topological polar surface area (TPSA) is 25.8 Å². The average molecular weight is 313 g/mol. The van der Waals surface area contributed by atoms with E-state index in [-0.39, 0.29) is 4.83 Å². The van der Waals surface area contributed by atoms with E-state index in [1.54, 1.807) is 0 Å². The molecule has 3 heteroatoms. The van der Waals surface area contributed by atoms with E-state index in [2.05, 4.69) is 45.2 Å². The molecule has 2 heterocycles. The number of hydrogen-bond donors (Lipinski definition) is 0. The van der Waals surface area contributed by atoms with Crippen LogP contribution in [0.25, 0.3) is 10.9 Å². The lowest BCUT2D eigenvalue weighted by Gasteiger charge is -2.10. The van der Waals surface area contributed by atoms with Gasteiger partial charge in [-0.25, -0.2) is 0 Å². The molecule has 0 amide bonds. The molecule has 94 valence electrons. The molecular formula is C16H13BrN2. The first-order valence-corrected chi connectivity index (χ1v) is 7.13. The zero-order chi connectivity index (χ0) is 13.1. The van der Waals surface area contributed by atoms with Crippen molar-refractivity contribution in [2.24, 2.45) is 0 Å². The van der Waals surface area contributed by atoms with E-state index in [1.807, 2.05) is 36.7 Å². The summed E-state index contributed by atoms with van der Waals surface area (Å²) in [5.74, 6) is 0. The molecule has 1 aromatic carbocycles. The van der Waals surface area contributed by atoms with Gasteiger partial charge in [-0.1, -0.05) is 40.2 Å². The maximum absolute atomic E-state index is 4.70. The number of hydrogen-bond acceptors (Lipinski definition) is 2. The van der Waals surface area contributed by atoms with Crippen LogP contribution in [0, 0.1) is 0 Å². The van der Waals surface area contributed by atoms with Gasteiger partial charge in [0.15, 0.2) is 0 Å². The molecule has 1 atom stereocenters. The number of benzene rings is 1. The number of pyridine rings is 2. The van der Waals surface area contributed by atoms with Crippen molar-refractivity contribution >= 4 is 26.8 Å². The summed E-state index contributed by atoms with van der Waals surface area (Å²) in [7, 11) is 0. The molecule has 0 fully saturated rings.